The third kappa shape index (κ3) is 3.85. The molecule has 0 unspecified atom stereocenters. The number of rotatable bonds is 4. The van der Waals surface area contributed by atoms with Crippen molar-refractivity contribution in [2.24, 2.45) is 0 Å². The van der Waals surface area contributed by atoms with E-state index in [0.717, 1.165) is 16.7 Å². The second-order valence-electron chi connectivity index (χ2n) is 7.61. The first kappa shape index (κ1) is 18.4. The molecule has 144 valence electrons. The standard InChI is InChI=1S/C23H24N2O3/c1-17-7-9-19(10-8-17)21-20(16-24-28-21)22(26)25-13-11-23(27,12-14-25)15-18-5-3-2-4-6-18/h2-10,16,27H,11-15H2,1H3. The zero-order valence-corrected chi connectivity index (χ0v) is 16.0. The van der Waals surface area contributed by atoms with Crippen molar-refractivity contribution in [1.29, 1.82) is 0 Å². The molecule has 5 nitrogen and oxygen atoms in total. The summed E-state index contributed by atoms with van der Waals surface area (Å²) in [5, 5.41) is 14.8. The highest BCUT2D eigenvalue weighted by Crippen LogP contribution is 2.29. The molecule has 1 aliphatic heterocycles. The summed E-state index contributed by atoms with van der Waals surface area (Å²) in [6.07, 6.45) is 3.21. The van der Waals surface area contributed by atoms with Gasteiger partial charge in [-0.3, -0.25) is 4.79 Å². The number of piperidine rings is 1. The van der Waals surface area contributed by atoms with E-state index >= 15 is 0 Å². The van der Waals surface area contributed by atoms with Crippen LogP contribution >= 0.6 is 0 Å². The lowest BCUT2D eigenvalue weighted by molar-refractivity contribution is -0.0162. The number of hydrogen-bond donors (Lipinski definition) is 1. The van der Waals surface area contributed by atoms with Crippen LogP contribution in [0.2, 0.25) is 0 Å². The Morgan fingerprint density at radius 3 is 2.46 bits per heavy atom. The smallest absolute Gasteiger partial charge is 0.259 e. The van der Waals surface area contributed by atoms with Crippen molar-refractivity contribution in [3.8, 4) is 11.3 Å². The van der Waals surface area contributed by atoms with E-state index in [-0.39, 0.29) is 5.91 Å². The summed E-state index contributed by atoms with van der Waals surface area (Å²) in [6, 6.07) is 17.8. The van der Waals surface area contributed by atoms with Crippen molar-refractivity contribution in [1.82, 2.24) is 10.1 Å². The largest absolute Gasteiger partial charge is 0.389 e. The molecule has 1 saturated heterocycles. The van der Waals surface area contributed by atoms with E-state index < -0.39 is 5.60 Å². The molecule has 1 amide bonds. The highest BCUT2D eigenvalue weighted by atomic mass is 16.5. The van der Waals surface area contributed by atoms with E-state index in [1.165, 1.54) is 6.20 Å². The molecule has 5 heteroatoms. The predicted molar refractivity (Wildman–Crippen MR) is 107 cm³/mol. The van der Waals surface area contributed by atoms with Crippen LogP contribution in [0.25, 0.3) is 11.3 Å². The number of amides is 1. The Kier molecular flexibility index (Phi) is 5.01. The highest BCUT2D eigenvalue weighted by Gasteiger charge is 2.35. The lowest BCUT2D eigenvalue weighted by Crippen LogP contribution is -2.47. The van der Waals surface area contributed by atoms with E-state index in [2.05, 4.69) is 5.16 Å². The van der Waals surface area contributed by atoms with Gasteiger partial charge in [0.2, 0.25) is 0 Å². The van der Waals surface area contributed by atoms with Crippen LogP contribution in [-0.2, 0) is 6.42 Å². The number of carbonyl (C=O) groups excluding carboxylic acids is 1. The van der Waals surface area contributed by atoms with Crippen LogP contribution < -0.4 is 0 Å². The van der Waals surface area contributed by atoms with Crippen molar-refractivity contribution >= 4 is 5.91 Å². The van der Waals surface area contributed by atoms with Crippen LogP contribution in [-0.4, -0.2) is 39.8 Å². The third-order valence-electron chi connectivity index (χ3n) is 5.47. The molecule has 0 aliphatic carbocycles. The Bertz CT molecular complexity index is 939. The Labute approximate surface area is 164 Å². The molecule has 0 bridgehead atoms. The van der Waals surface area contributed by atoms with Crippen molar-refractivity contribution in [2.45, 2.75) is 31.8 Å². The molecule has 1 aromatic heterocycles. The molecule has 1 N–H and O–H groups in total. The fourth-order valence-corrected chi connectivity index (χ4v) is 3.75. The fraction of sp³-hybridized carbons (Fsp3) is 0.304. The molecule has 0 spiro atoms. The van der Waals surface area contributed by atoms with Crippen LogP contribution in [0.5, 0.6) is 0 Å². The van der Waals surface area contributed by atoms with Crippen LogP contribution in [0.1, 0.15) is 34.3 Å². The van der Waals surface area contributed by atoms with E-state index in [0.29, 0.717) is 43.7 Å². The van der Waals surface area contributed by atoms with Crippen LogP contribution in [0.3, 0.4) is 0 Å². The maximum Gasteiger partial charge on any atom is 0.259 e. The lowest BCUT2D eigenvalue weighted by Gasteiger charge is -2.38. The predicted octanol–water partition coefficient (Wildman–Crippen LogP) is 3.86. The number of benzene rings is 2. The van der Waals surface area contributed by atoms with Gasteiger partial charge >= 0.3 is 0 Å². The van der Waals surface area contributed by atoms with Gasteiger partial charge < -0.3 is 14.5 Å². The number of aryl methyl sites for hydroxylation is 1. The summed E-state index contributed by atoms with van der Waals surface area (Å²) >= 11 is 0. The zero-order valence-electron chi connectivity index (χ0n) is 16.0. The van der Waals surface area contributed by atoms with Gasteiger partial charge in [-0.25, -0.2) is 0 Å². The molecule has 2 aromatic carbocycles. The first-order chi connectivity index (χ1) is 13.5. The molecule has 1 aliphatic rings. The third-order valence-corrected chi connectivity index (χ3v) is 5.47. The maximum absolute atomic E-state index is 13.0. The number of aromatic nitrogens is 1. The number of nitrogens with zero attached hydrogens (tertiary/aromatic N) is 2. The van der Waals surface area contributed by atoms with Gasteiger partial charge in [-0.1, -0.05) is 65.3 Å². The van der Waals surface area contributed by atoms with E-state index in [4.69, 9.17) is 4.52 Å². The van der Waals surface area contributed by atoms with Gasteiger partial charge in [0.15, 0.2) is 5.76 Å². The Morgan fingerprint density at radius 2 is 1.79 bits per heavy atom. The minimum atomic E-state index is -0.771. The highest BCUT2D eigenvalue weighted by molar-refractivity contribution is 5.99. The molecule has 3 aromatic rings. The molecule has 4 rings (SSSR count). The monoisotopic (exact) mass is 376 g/mol. The van der Waals surface area contributed by atoms with Gasteiger partial charge in [0.25, 0.3) is 5.91 Å². The maximum atomic E-state index is 13.0. The molecule has 0 saturated carbocycles. The normalized spacial score (nSPS) is 16.1. The van der Waals surface area contributed by atoms with Gasteiger partial charge in [0.05, 0.1) is 11.8 Å². The average Bonchev–Trinajstić information content (AvgIpc) is 3.19. The molecule has 28 heavy (non-hydrogen) atoms. The summed E-state index contributed by atoms with van der Waals surface area (Å²) in [5.41, 5.74) is 2.80. The minimum Gasteiger partial charge on any atom is -0.389 e. The fourth-order valence-electron chi connectivity index (χ4n) is 3.75. The van der Waals surface area contributed by atoms with Crippen LogP contribution in [0, 0.1) is 6.92 Å². The van der Waals surface area contributed by atoms with Gasteiger partial charge in [-0.15, -0.1) is 0 Å². The van der Waals surface area contributed by atoms with Crippen LogP contribution in [0.15, 0.2) is 65.3 Å². The summed E-state index contributed by atoms with van der Waals surface area (Å²) in [5.74, 6) is 0.397. The second kappa shape index (κ2) is 7.60. The zero-order chi connectivity index (χ0) is 19.6. The Balaban J connectivity index is 1.45. The number of carbonyl (C=O) groups is 1. The molecular weight excluding hydrogens is 352 g/mol. The Hall–Kier alpha value is -2.92. The summed E-state index contributed by atoms with van der Waals surface area (Å²) in [4.78, 5) is 14.8. The van der Waals surface area contributed by atoms with Crippen molar-refractivity contribution in [3.63, 3.8) is 0 Å². The number of hydrogen-bond acceptors (Lipinski definition) is 4. The van der Waals surface area contributed by atoms with Crippen molar-refractivity contribution < 1.29 is 14.4 Å². The van der Waals surface area contributed by atoms with Gasteiger partial charge in [-0.05, 0) is 25.3 Å². The topological polar surface area (TPSA) is 66.6 Å². The molecule has 2 heterocycles. The van der Waals surface area contributed by atoms with E-state index in [1.807, 2.05) is 61.5 Å². The SMILES string of the molecule is Cc1ccc(-c2oncc2C(=O)N2CCC(O)(Cc3ccccc3)CC2)cc1. The van der Waals surface area contributed by atoms with Crippen LogP contribution in [0.4, 0.5) is 0 Å². The first-order valence-corrected chi connectivity index (χ1v) is 9.61. The molecule has 0 radical (unpaired) electrons. The Morgan fingerprint density at radius 1 is 1.11 bits per heavy atom. The molecular formula is C23H24N2O3. The number of likely N-dealkylation sites (tertiary alicyclic amines) is 1. The molecule has 1 fully saturated rings. The summed E-state index contributed by atoms with van der Waals surface area (Å²) < 4.78 is 5.38. The van der Waals surface area contributed by atoms with Gasteiger partial charge in [0.1, 0.15) is 5.56 Å². The average molecular weight is 376 g/mol. The lowest BCUT2D eigenvalue weighted by atomic mass is 9.85. The first-order valence-electron chi connectivity index (χ1n) is 9.61. The van der Waals surface area contributed by atoms with Crippen molar-refractivity contribution in [2.75, 3.05) is 13.1 Å². The van der Waals surface area contributed by atoms with Crippen molar-refractivity contribution in [3.05, 3.63) is 77.5 Å². The number of aliphatic hydroxyl groups is 1. The quantitative estimate of drug-likeness (QED) is 0.751. The van der Waals surface area contributed by atoms with Gasteiger partial charge in [0, 0.05) is 25.1 Å². The van der Waals surface area contributed by atoms with Gasteiger partial charge in [-0.2, -0.15) is 0 Å². The minimum absolute atomic E-state index is 0.0985. The summed E-state index contributed by atoms with van der Waals surface area (Å²) in [7, 11) is 0. The summed E-state index contributed by atoms with van der Waals surface area (Å²) in [6.45, 7) is 3.04. The van der Waals surface area contributed by atoms with E-state index in [1.54, 1.807) is 4.90 Å². The molecule has 0 atom stereocenters. The van der Waals surface area contributed by atoms with E-state index in [9.17, 15) is 9.90 Å². The second-order valence-corrected chi connectivity index (χ2v) is 7.61.